The minimum Gasteiger partial charge on any atom is -0.391 e. The van der Waals surface area contributed by atoms with Gasteiger partial charge in [-0.05, 0) is 36.6 Å². The summed E-state index contributed by atoms with van der Waals surface area (Å²) in [5.74, 6) is -0.228. The third kappa shape index (κ3) is 3.68. The van der Waals surface area contributed by atoms with Crippen molar-refractivity contribution in [1.82, 2.24) is 19.9 Å². The maximum atomic E-state index is 12.9. The van der Waals surface area contributed by atoms with E-state index in [0.717, 1.165) is 36.8 Å². The molecule has 0 aromatic carbocycles. The van der Waals surface area contributed by atoms with Crippen molar-refractivity contribution in [3.8, 4) is 0 Å². The Kier molecular flexibility index (Phi) is 5.09. The van der Waals surface area contributed by atoms with Crippen molar-refractivity contribution < 1.29 is 9.90 Å². The minimum atomic E-state index is -0.496. The molecule has 1 fully saturated rings. The molecular formula is C20H21ClN4O2. The Labute approximate surface area is 162 Å². The summed E-state index contributed by atoms with van der Waals surface area (Å²) in [4.78, 5) is 21.4. The van der Waals surface area contributed by atoms with Gasteiger partial charge in [0, 0.05) is 31.3 Å². The van der Waals surface area contributed by atoms with E-state index in [1.54, 1.807) is 30.9 Å². The Hall–Kier alpha value is -2.44. The number of hydrogen-bond acceptors (Lipinski definition) is 4. The van der Waals surface area contributed by atoms with E-state index in [2.05, 4.69) is 15.3 Å². The summed E-state index contributed by atoms with van der Waals surface area (Å²) in [5, 5.41) is 13.7. The molecule has 0 saturated heterocycles. The average Bonchev–Trinajstić information content (AvgIpc) is 3.04. The van der Waals surface area contributed by atoms with Crippen LogP contribution in [0.4, 0.5) is 0 Å². The van der Waals surface area contributed by atoms with Crippen molar-refractivity contribution in [2.75, 3.05) is 0 Å². The number of fused-ring (bicyclic) bond motifs is 1. The quantitative estimate of drug-likeness (QED) is 0.724. The monoisotopic (exact) mass is 384 g/mol. The van der Waals surface area contributed by atoms with Gasteiger partial charge in [-0.1, -0.05) is 24.4 Å². The van der Waals surface area contributed by atoms with E-state index in [9.17, 15) is 9.90 Å². The molecule has 2 N–H and O–H groups in total. The zero-order valence-corrected chi connectivity index (χ0v) is 15.6. The van der Waals surface area contributed by atoms with Crippen molar-refractivity contribution in [3.05, 3.63) is 59.1 Å². The second-order valence-electron chi connectivity index (χ2n) is 6.95. The largest absolute Gasteiger partial charge is 0.391 e. The molecule has 0 aliphatic heterocycles. The third-order valence-corrected chi connectivity index (χ3v) is 5.40. The van der Waals surface area contributed by atoms with E-state index < -0.39 is 6.10 Å². The second-order valence-corrected chi connectivity index (χ2v) is 7.36. The van der Waals surface area contributed by atoms with Crippen molar-refractivity contribution in [2.24, 2.45) is 0 Å². The van der Waals surface area contributed by atoms with E-state index in [4.69, 9.17) is 11.6 Å². The number of aliphatic hydroxyl groups excluding tert-OH is 1. The van der Waals surface area contributed by atoms with Crippen LogP contribution < -0.4 is 5.32 Å². The molecule has 0 bridgehead atoms. The van der Waals surface area contributed by atoms with Crippen molar-refractivity contribution in [2.45, 2.75) is 44.4 Å². The molecule has 2 atom stereocenters. The number of halogens is 1. The minimum absolute atomic E-state index is 0.218. The lowest BCUT2D eigenvalue weighted by Crippen LogP contribution is -2.45. The summed E-state index contributed by atoms with van der Waals surface area (Å²) in [6, 6.07) is 5.35. The highest BCUT2D eigenvalue weighted by atomic mass is 35.5. The molecule has 0 unspecified atom stereocenters. The second kappa shape index (κ2) is 7.66. The van der Waals surface area contributed by atoms with Crippen LogP contribution in [0.3, 0.4) is 0 Å². The lowest BCUT2D eigenvalue weighted by molar-refractivity contribution is 0.0718. The van der Waals surface area contributed by atoms with Gasteiger partial charge in [0.2, 0.25) is 0 Å². The van der Waals surface area contributed by atoms with Crippen molar-refractivity contribution in [1.29, 1.82) is 0 Å². The molecule has 1 saturated carbocycles. The molecule has 3 aromatic rings. The summed E-state index contributed by atoms with van der Waals surface area (Å²) < 4.78 is 1.94. The van der Waals surface area contributed by atoms with Gasteiger partial charge in [0.05, 0.1) is 28.2 Å². The van der Waals surface area contributed by atoms with Crippen LogP contribution in [0, 0.1) is 0 Å². The number of rotatable bonds is 4. The molecule has 1 aliphatic rings. The van der Waals surface area contributed by atoms with E-state index in [-0.39, 0.29) is 11.9 Å². The number of aliphatic hydroxyl groups is 1. The first kappa shape index (κ1) is 17.9. The standard InChI is InChI=1S/C20H21ClN4O2/c21-15-7-10-23-18-14(20(27)24-16-3-1-2-4-17(16)26)12-25(19(15)18)11-13-5-8-22-9-6-13/h5-10,12,16-17,26H,1-4,11H2,(H,24,27)/t16-,17-/m0/s1. The number of nitrogens with one attached hydrogen (secondary N) is 1. The first-order valence-corrected chi connectivity index (χ1v) is 9.52. The van der Waals surface area contributed by atoms with Gasteiger partial charge in [-0.2, -0.15) is 0 Å². The molecule has 7 heteroatoms. The molecule has 3 heterocycles. The number of amides is 1. The summed E-state index contributed by atoms with van der Waals surface area (Å²) in [6.45, 7) is 0.559. The van der Waals surface area contributed by atoms with Crippen LogP contribution in [-0.2, 0) is 6.54 Å². The Morgan fingerprint density at radius 2 is 2.00 bits per heavy atom. The predicted octanol–water partition coefficient (Wildman–Crippen LogP) is 3.17. The lowest BCUT2D eigenvalue weighted by Gasteiger charge is -2.28. The van der Waals surface area contributed by atoms with Gasteiger partial charge in [-0.15, -0.1) is 0 Å². The zero-order valence-electron chi connectivity index (χ0n) is 14.8. The normalized spacial score (nSPS) is 19.9. The van der Waals surface area contributed by atoms with E-state index in [1.165, 1.54) is 0 Å². The number of nitrogens with zero attached hydrogens (tertiary/aromatic N) is 3. The highest BCUT2D eigenvalue weighted by molar-refractivity contribution is 6.35. The van der Waals surface area contributed by atoms with Gasteiger partial charge < -0.3 is 15.0 Å². The van der Waals surface area contributed by atoms with Gasteiger partial charge in [0.1, 0.15) is 5.52 Å². The fourth-order valence-electron chi connectivity index (χ4n) is 3.68. The smallest absolute Gasteiger partial charge is 0.255 e. The highest BCUT2D eigenvalue weighted by Crippen LogP contribution is 2.28. The summed E-state index contributed by atoms with van der Waals surface area (Å²) in [5.41, 5.74) is 2.82. The molecule has 140 valence electrons. The molecule has 1 amide bonds. The lowest BCUT2D eigenvalue weighted by atomic mass is 9.92. The first-order valence-electron chi connectivity index (χ1n) is 9.14. The fraction of sp³-hybridized carbons (Fsp3) is 0.350. The van der Waals surface area contributed by atoms with Crippen LogP contribution in [0.5, 0.6) is 0 Å². The van der Waals surface area contributed by atoms with E-state index in [0.29, 0.717) is 22.6 Å². The average molecular weight is 385 g/mol. The summed E-state index contributed by atoms with van der Waals surface area (Å²) >= 11 is 6.42. The van der Waals surface area contributed by atoms with Crippen LogP contribution in [-0.4, -0.2) is 37.7 Å². The topological polar surface area (TPSA) is 80.0 Å². The van der Waals surface area contributed by atoms with E-state index >= 15 is 0 Å². The number of pyridine rings is 2. The summed E-state index contributed by atoms with van der Waals surface area (Å²) in [7, 11) is 0. The number of hydrogen-bond donors (Lipinski definition) is 2. The van der Waals surface area contributed by atoms with Crippen LogP contribution in [0.15, 0.2) is 43.0 Å². The number of carbonyl (C=O) groups excluding carboxylic acids is 1. The van der Waals surface area contributed by atoms with Gasteiger partial charge in [-0.3, -0.25) is 14.8 Å². The van der Waals surface area contributed by atoms with Gasteiger partial charge >= 0.3 is 0 Å². The SMILES string of the molecule is O=C(N[C@H]1CCCC[C@@H]1O)c1cn(Cc2ccncc2)c2c(Cl)ccnc12. The molecule has 4 rings (SSSR count). The Morgan fingerprint density at radius 1 is 1.22 bits per heavy atom. The predicted molar refractivity (Wildman–Crippen MR) is 104 cm³/mol. The third-order valence-electron chi connectivity index (χ3n) is 5.10. The molecule has 6 nitrogen and oxygen atoms in total. The maximum absolute atomic E-state index is 12.9. The molecule has 27 heavy (non-hydrogen) atoms. The highest BCUT2D eigenvalue weighted by Gasteiger charge is 2.27. The first-order chi connectivity index (χ1) is 13.1. The molecule has 1 aliphatic carbocycles. The number of aromatic nitrogens is 3. The van der Waals surface area contributed by atoms with Crippen LogP contribution in [0.2, 0.25) is 5.02 Å². The summed E-state index contributed by atoms with van der Waals surface area (Å²) in [6.07, 6.45) is 9.88. The molecule has 3 aromatic heterocycles. The number of carbonyl (C=O) groups is 1. The van der Waals surface area contributed by atoms with E-state index in [1.807, 2.05) is 16.7 Å². The Bertz CT molecular complexity index is 957. The molecular weight excluding hydrogens is 364 g/mol. The van der Waals surface area contributed by atoms with Crippen LogP contribution >= 0.6 is 11.6 Å². The Balaban J connectivity index is 1.68. The molecule has 0 radical (unpaired) electrons. The maximum Gasteiger partial charge on any atom is 0.255 e. The molecule has 0 spiro atoms. The van der Waals surface area contributed by atoms with Crippen LogP contribution in [0.25, 0.3) is 11.0 Å². The van der Waals surface area contributed by atoms with Gasteiger partial charge in [0.15, 0.2) is 0 Å². The van der Waals surface area contributed by atoms with Gasteiger partial charge in [0.25, 0.3) is 5.91 Å². The Morgan fingerprint density at radius 3 is 2.78 bits per heavy atom. The van der Waals surface area contributed by atoms with Crippen molar-refractivity contribution >= 4 is 28.5 Å². The van der Waals surface area contributed by atoms with Gasteiger partial charge in [-0.25, -0.2) is 0 Å². The zero-order chi connectivity index (χ0) is 18.8. The fourth-order valence-corrected chi connectivity index (χ4v) is 3.94. The van der Waals surface area contributed by atoms with Crippen LogP contribution in [0.1, 0.15) is 41.6 Å². The van der Waals surface area contributed by atoms with Crippen molar-refractivity contribution in [3.63, 3.8) is 0 Å².